The van der Waals surface area contributed by atoms with Gasteiger partial charge in [-0.15, -0.1) is 0 Å². The molecule has 1 heterocycles. The Labute approximate surface area is 158 Å². The van der Waals surface area contributed by atoms with Crippen molar-refractivity contribution in [2.45, 2.75) is 6.54 Å². The molecule has 0 atom stereocenters. The van der Waals surface area contributed by atoms with Crippen molar-refractivity contribution in [1.29, 1.82) is 0 Å². The van der Waals surface area contributed by atoms with Crippen molar-refractivity contribution >= 4 is 56.2 Å². The summed E-state index contributed by atoms with van der Waals surface area (Å²) in [5.41, 5.74) is 1.98. The fraction of sp³-hybridized carbons (Fsp3) is 0.111. The molecule has 0 radical (unpaired) electrons. The number of rotatable bonds is 4. The number of thioether (sulfide) groups is 1. The topological polar surface area (TPSA) is 29.5 Å². The average molecular weight is 420 g/mol. The molecular weight excluding hydrogens is 406 g/mol. The molecule has 0 aliphatic carbocycles. The first-order valence-corrected chi connectivity index (χ1v) is 9.23. The number of amides is 1. The Kier molecular flexibility index (Phi) is 5.38. The Bertz CT molecular complexity index is 821. The lowest BCUT2D eigenvalue weighted by atomic mass is 10.2. The minimum Gasteiger partial charge on any atom is -0.496 e. The summed E-state index contributed by atoms with van der Waals surface area (Å²) >= 11 is 10.2. The lowest BCUT2D eigenvalue weighted by Gasteiger charge is -2.14. The van der Waals surface area contributed by atoms with Crippen LogP contribution in [0, 0.1) is 0 Å². The van der Waals surface area contributed by atoms with Crippen LogP contribution in [0.4, 0.5) is 0 Å². The fourth-order valence-corrected chi connectivity index (χ4v) is 4.14. The van der Waals surface area contributed by atoms with Gasteiger partial charge in [-0.2, -0.15) is 0 Å². The number of hydrogen-bond donors (Lipinski definition) is 0. The number of benzene rings is 2. The Hall–Kier alpha value is -1.63. The predicted octanol–water partition coefficient (Wildman–Crippen LogP) is 4.86. The van der Waals surface area contributed by atoms with Crippen molar-refractivity contribution in [3.63, 3.8) is 0 Å². The molecule has 0 N–H and O–H groups in total. The molecule has 3 rings (SSSR count). The molecule has 1 fully saturated rings. The molecule has 0 bridgehead atoms. The number of carbonyl (C=O) groups excluding carboxylic acids is 1. The monoisotopic (exact) mass is 419 g/mol. The highest BCUT2D eigenvalue weighted by Gasteiger charge is 2.31. The molecule has 1 saturated heterocycles. The fourth-order valence-electron chi connectivity index (χ4n) is 2.33. The van der Waals surface area contributed by atoms with Gasteiger partial charge in [-0.05, 0) is 45.3 Å². The molecule has 3 nitrogen and oxygen atoms in total. The van der Waals surface area contributed by atoms with Crippen molar-refractivity contribution in [1.82, 2.24) is 4.90 Å². The van der Waals surface area contributed by atoms with Gasteiger partial charge in [0.05, 0.1) is 23.0 Å². The van der Waals surface area contributed by atoms with Crippen LogP contribution in [0.1, 0.15) is 11.1 Å². The van der Waals surface area contributed by atoms with E-state index in [1.165, 1.54) is 11.8 Å². The van der Waals surface area contributed by atoms with Gasteiger partial charge in [-0.25, -0.2) is 0 Å². The van der Waals surface area contributed by atoms with Crippen LogP contribution < -0.4 is 4.74 Å². The second-order valence-corrected chi connectivity index (χ2v) is 7.68. The lowest BCUT2D eigenvalue weighted by molar-refractivity contribution is -0.122. The number of carbonyl (C=O) groups is 1. The smallest absolute Gasteiger partial charge is 0.266 e. The molecule has 0 saturated carbocycles. The van der Waals surface area contributed by atoms with E-state index in [0.29, 0.717) is 15.8 Å². The third kappa shape index (κ3) is 3.71. The molecule has 0 aromatic heterocycles. The summed E-state index contributed by atoms with van der Waals surface area (Å²) in [4.78, 5) is 14.9. The van der Waals surface area contributed by atoms with E-state index in [4.69, 9.17) is 17.0 Å². The number of methoxy groups -OCH3 is 1. The number of halogens is 1. The first kappa shape index (κ1) is 17.2. The summed E-state index contributed by atoms with van der Waals surface area (Å²) in [6, 6.07) is 15.5. The van der Waals surface area contributed by atoms with Crippen LogP contribution in [-0.4, -0.2) is 22.2 Å². The van der Waals surface area contributed by atoms with Crippen molar-refractivity contribution < 1.29 is 9.53 Å². The zero-order valence-corrected chi connectivity index (χ0v) is 16.1. The highest BCUT2D eigenvalue weighted by molar-refractivity contribution is 9.10. The first-order valence-electron chi connectivity index (χ1n) is 7.21. The molecule has 24 heavy (non-hydrogen) atoms. The van der Waals surface area contributed by atoms with Gasteiger partial charge in [0.1, 0.15) is 10.1 Å². The number of hydrogen-bond acceptors (Lipinski definition) is 4. The van der Waals surface area contributed by atoms with Gasteiger partial charge in [-0.1, -0.05) is 60.4 Å². The van der Waals surface area contributed by atoms with Gasteiger partial charge in [0.2, 0.25) is 0 Å². The van der Waals surface area contributed by atoms with E-state index in [2.05, 4.69) is 15.9 Å². The molecule has 6 heteroatoms. The molecular formula is C18H14BrNO2S2. The average Bonchev–Trinajstić information content (AvgIpc) is 2.84. The van der Waals surface area contributed by atoms with Gasteiger partial charge in [0.25, 0.3) is 5.91 Å². The third-order valence-corrected chi connectivity index (χ3v) is 5.53. The van der Waals surface area contributed by atoms with Gasteiger partial charge < -0.3 is 4.74 Å². The van der Waals surface area contributed by atoms with E-state index < -0.39 is 0 Å². The molecule has 0 spiro atoms. The SMILES string of the molecule is COc1ccc(/C=C2/SC(=S)N(Cc3ccccc3)C2=O)cc1Br. The highest BCUT2D eigenvalue weighted by Crippen LogP contribution is 2.34. The Morgan fingerprint density at radius 3 is 2.67 bits per heavy atom. The summed E-state index contributed by atoms with van der Waals surface area (Å²) < 4.78 is 6.65. The van der Waals surface area contributed by atoms with Crippen LogP contribution in [0.5, 0.6) is 5.75 Å². The zero-order valence-electron chi connectivity index (χ0n) is 12.9. The highest BCUT2D eigenvalue weighted by atomic mass is 79.9. The van der Waals surface area contributed by atoms with Crippen LogP contribution in [-0.2, 0) is 11.3 Å². The van der Waals surface area contributed by atoms with Gasteiger partial charge in [-0.3, -0.25) is 9.69 Å². The van der Waals surface area contributed by atoms with E-state index in [9.17, 15) is 4.79 Å². The largest absolute Gasteiger partial charge is 0.496 e. The Morgan fingerprint density at radius 1 is 1.25 bits per heavy atom. The van der Waals surface area contributed by atoms with Crippen molar-refractivity contribution in [3.05, 3.63) is 69.0 Å². The van der Waals surface area contributed by atoms with Crippen molar-refractivity contribution in [2.75, 3.05) is 7.11 Å². The van der Waals surface area contributed by atoms with E-state index in [-0.39, 0.29) is 5.91 Å². The maximum atomic E-state index is 12.6. The lowest BCUT2D eigenvalue weighted by Crippen LogP contribution is -2.27. The normalized spacial score (nSPS) is 16.1. The molecule has 2 aromatic carbocycles. The molecule has 0 unspecified atom stereocenters. The molecule has 1 aliphatic heterocycles. The van der Waals surface area contributed by atoms with Crippen molar-refractivity contribution in [2.24, 2.45) is 0 Å². The summed E-state index contributed by atoms with van der Waals surface area (Å²) in [7, 11) is 1.62. The third-order valence-electron chi connectivity index (χ3n) is 3.53. The summed E-state index contributed by atoms with van der Waals surface area (Å²) in [6.45, 7) is 0.495. The standard InChI is InChI=1S/C18H14BrNO2S2/c1-22-15-8-7-13(9-14(15)19)10-16-17(21)20(18(23)24-16)11-12-5-3-2-4-6-12/h2-10H,11H2,1H3/b16-10+. The second kappa shape index (κ2) is 7.51. The molecule has 122 valence electrons. The van der Waals surface area contributed by atoms with Crippen molar-refractivity contribution in [3.8, 4) is 5.75 Å². The Balaban J connectivity index is 1.82. The quantitative estimate of drug-likeness (QED) is 0.522. The Morgan fingerprint density at radius 2 is 2.00 bits per heavy atom. The summed E-state index contributed by atoms with van der Waals surface area (Å²) in [6.07, 6.45) is 1.86. The van der Waals surface area contributed by atoms with E-state index in [1.807, 2.05) is 54.6 Å². The maximum absolute atomic E-state index is 12.6. The van der Waals surface area contributed by atoms with Crippen LogP contribution >= 0.6 is 39.9 Å². The molecule has 2 aromatic rings. The number of thiocarbonyl (C=S) groups is 1. The van der Waals surface area contributed by atoms with Gasteiger partial charge in [0, 0.05) is 0 Å². The predicted molar refractivity (Wildman–Crippen MR) is 106 cm³/mol. The summed E-state index contributed by atoms with van der Waals surface area (Å²) in [5, 5.41) is 0. The molecule has 1 amide bonds. The van der Waals surface area contributed by atoms with E-state index in [0.717, 1.165) is 21.3 Å². The number of nitrogens with zero attached hydrogens (tertiary/aromatic N) is 1. The summed E-state index contributed by atoms with van der Waals surface area (Å²) in [5.74, 6) is 0.699. The van der Waals surface area contributed by atoms with E-state index >= 15 is 0 Å². The number of ether oxygens (including phenoxy) is 1. The van der Waals surface area contributed by atoms with Crippen LogP contribution in [0.15, 0.2) is 57.9 Å². The van der Waals surface area contributed by atoms with Crippen LogP contribution in [0.3, 0.4) is 0 Å². The zero-order chi connectivity index (χ0) is 17.1. The molecule has 1 aliphatic rings. The first-order chi connectivity index (χ1) is 11.6. The van der Waals surface area contributed by atoms with E-state index in [1.54, 1.807) is 12.0 Å². The minimum atomic E-state index is -0.0548. The van der Waals surface area contributed by atoms with Crippen LogP contribution in [0.25, 0.3) is 6.08 Å². The van der Waals surface area contributed by atoms with Gasteiger partial charge >= 0.3 is 0 Å². The van der Waals surface area contributed by atoms with Crippen LogP contribution in [0.2, 0.25) is 0 Å². The van der Waals surface area contributed by atoms with Gasteiger partial charge in [0.15, 0.2) is 0 Å². The minimum absolute atomic E-state index is 0.0548. The maximum Gasteiger partial charge on any atom is 0.266 e. The second-order valence-electron chi connectivity index (χ2n) is 5.15.